The molecule has 0 aliphatic heterocycles. The molecule has 1 fully saturated rings. The number of carbonyl (C=O) groups excluding carboxylic acids is 1. The summed E-state index contributed by atoms with van der Waals surface area (Å²) in [6, 6.07) is 7.86. The Morgan fingerprint density at radius 1 is 1.17 bits per heavy atom. The number of nitrogens with one attached hydrogen (secondary N) is 1. The Labute approximate surface area is 136 Å². The second-order valence-electron chi connectivity index (χ2n) is 6.76. The molecule has 2 aliphatic rings. The van der Waals surface area contributed by atoms with Crippen LogP contribution in [0.2, 0.25) is 0 Å². The number of fused-ring (bicyclic) bond motifs is 2. The van der Waals surface area contributed by atoms with Gasteiger partial charge in [-0.15, -0.1) is 0 Å². The Morgan fingerprint density at radius 3 is 2.35 bits per heavy atom. The van der Waals surface area contributed by atoms with E-state index in [9.17, 15) is 14.7 Å². The number of benzene rings is 1. The molecule has 3 rings (SSSR count). The first-order valence-corrected chi connectivity index (χ1v) is 8.33. The number of aliphatic carboxylic acids is 1. The zero-order valence-electron chi connectivity index (χ0n) is 13.5. The first-order chi connectivity index (χ1) is 11.0. The van der Waals surface area contributed by atoms with E-state index in [1.165, 1.54) is 5.56 Å². The average Bonchev–Trinajstić information content (AvgIpc) is 3.15. The summed E-state index contributed by atoms with van der Waals surface area (Å²) in [4.78, 5) is 24.1. The highest BCUT2D eigenvalue weighted by Gasteiger charge is 2.51. The molecule has 2 aliphatic carbocycles. The van der Waals surface area contributed by atoms with Crippen molar-refractivity contribution in [3.05, 3.63) is 42.0 Å². The molecule has 2 bridgehead atoms. The average molecular weight is 313 g/mol. The molecule has 0 saturated heterocycles. The van der Waals surface area contributed by atoms with Crippen LogP contribution in [-0.4, -0.2) is 17.0 Å². The quantitative estimate of drug-likeness (QED) is 0.815. The van der Waals surface area contributed by atoms with E-state index in [4.69, 9.17) is 0 Å². The Bertz CT molecular complexity index is 635. The summed E-state index contributed by atoms with van der Waals surface area (Å²) in [5.41, 5.74) is 1.98. The predicted octanol–water partition coefficient (Wildman–Crippen LogP) is 3.66. The number of amides is 1. The molecule has 0 aromatic heterocycles. The highest BCUT2D eigenvalue weighted by Crippen LogP contribution is 2.48. The molecule has 4 nitrogen and oxygen atoms in total. The second kappa shape index (κ2) is 6.19. The van der Waals surface area contributed by atoms with E-state index >= 15 is 0 Å². The fourth-order valence-corrected chi connectivity index (χ4v) is 3.87. The molecular weight excluding hydrogens is 290 g/mol. The zero-order valence-corrected chi connectivity index (χ0v) is 13.5. The van der Waals surface area contributed by atoms with Crippen LogP contribution in [0.15, 0.2) is 36.4 Å². The number of carbonyl (C=O) groups is 2. The van der Waals surface area contributed by atoms with Gasteiger partial charge in [-0.1, -0.05) is 38.1 Å². The lowest BCUT2D eigenvalue weighted by atomic mass is 9.82. The maximum atomic E-state index is 12.6. The van der Waals surface area contributed by atoms with Crippen molar-refractivity contribution in [2.75, 3.05) is 5.32 Å². The van der Waals surface area contributed by atoms with Crippen LogP contribution in [0.1, 0.15) is 38.2 Å². The Balaban J connectivity index is 1.72. The van der Waals surface area contributed by atoms with Gasteiger partial charge < -0.3 is 10.4 Å². The number of hydrogen-bond acceptors (Lipinski definition) is 2. The summed E-state index contributed by atoms with van der Waals surface area (Å²) in [5.74, 6) is -1.55. The molecule has 0 heterocycles. The van der Waals surface area contributed by atoms with Crippen molar-refractivity contribution in [2.45, 2.75) is 32.6 Å². The minimum absolute atomic E-state index is 0.000954. The molecule has 0 spiro atoms. The maximum Gasteiger partial charge on any atom is 0.307 e. The van der Waals surface area contributed by atoms with Crippen molar-refractivity contribution in [2.24, 2.45) is 23.7 Å². The normalized spacial score (nSPS) is 29.5. The fraction of sp³-hybridized carbons (Fsp3) is 0.474. The van der Waals surface area contributed by atoms with Gasteiger partial charge in [-0.2, -0.15) is 0 Å². The first-order valence-electron chi connectivity index (χ1n) is 8.33. The first kappa shape index (κ1) is 15.8. The van der Waals surface area contributed by atoms with Gasteiger partial charge in [-0.25, -0.2) is 0 Å². The lowest BCUT2D eigenvalue weighted by Crippen LogP contribution is -2.36. The number of carboxylic acid groups (broad SMARTS) is 1. The van der Waals surface area contributed by atoms with Crippen LogP contribution in [-0.2, 0) is 9.59 Å². The fourth-order valence-electron chi connectivity index (χ4n) is 3.87. The molecule has 1 aromatic rings. The lowest BCUT2D eigenvalue weighted by Gasteiger charge is -2.24. The predicted molar refractivity (Wildman–Crippen MR) is 89.1 cm³/mol. The van der Waals surface area contributed by atoms with Gasteiger partial charge in [0, 0.05) is 5.69 Å². The standard InChI is InChI=1S/C19H23NO3/c1-3-11(2)12-6-8-15(9-7-12)20-18(21)16-13-4-5-14(10-13)17(16)19(22)23/h4-9,11,13-14,16-17H,3,10H2,1-2H3,(H,20,21)(H,22,23)/t11-,13-,14-,16+,17+/m0/s1. The zero-order chi connectivity index (χ0) is 16.6. The van der Waals surface area contributed by atoms with Crippen molar-refractivity contribution in [3.8, 4) is 0 Å². The molecular formula is C19H23NO3. The molecule has 1 aromatic carbocycles. The van der Waals surface area contributed by atoms with Crippen LogP contribution in [0.4, 0.5) is 5.69 Å². The molecule has 122 valence electrons. The number of anilines is 1. The Hall–Kier alpha value is -2.10. The summed E-state index contributed by atoms with van der Waals surface area (Å²) in [6.07, 6.45) is 5.81. The summed E-state index contributed by atoms with van der Waals surface area (Å²) in [6.45, 7) is 4.32. The van der Waals surface area contributed by atoms with Crippen LogP contribution >= 0.6 is 0 Å². The van der Waals surface area contributed by atoms with Crippen molar-refractivity contribution < 1.29 is 14.7 Å². The number of carboxylic acids is 1. The van der Waals surface area contributed by atoms with E-state index in [2.05, 4.69) is 19.2 Å². The molecule has 23 heavy (non-hydrogen) atoms. The third-order valence-electron chi connectivity index (χ3n) is 5.41. The smallest absolute Gasteiger partial charge is 0.307 e. The van der Waals surface area contributed by atoms with E-state index in [-0.39, 0.29) is 17.7 Å². The monoisotopic (exact) mass is 313 g/mol. The van der Waals surface area contributed by atoms with Crippen LogP contribution in [0.25, 0.3) is 0 Å². The lowest BCUT2D eigenvalue weighted by molar-refractivity contribution is -0.146. The Kier molecular flexibility index (Phi) is 4.24. The SMILES string of the molecule is CC[C@H](C)c1ccc(NC(=O)[C@H]2[C@H](C(=O)O)[C@H]3C=C[C@H]2C3)cc1. The van der Waals surface area contributed by atoms with E-state index < -0.39 is 17.8 Å². The van der Waals surface area contributed by atoms with Gasteiger partial charge >= 0.3 is 5.97 Å². The highest BCUT2D eigenvalue weighted by atomic mass is 16.4. The van der Waals surface area contributed by atoms with E-state index in [1.807, 2.05) is 36.4 Å². The van der Waals surface area contributed by atoms with Gasteiger partial charge in [0.05, 0.1) is 11.8 Å². The number of hydrogen-bond donors (Lipinski definition) is 2. The summed E-state index contributed by atoms with van der Waals surface area (Å²) < 4.78 is 0. The van der Waals surface area contributed by atoms with Crippen molar-refractivity contribution in [1.29, 1.82) is 0 Å². The largest absolute Gasteiger partial charge is 0.481 e. The molecule has 1 amide bonds. The maximum absolute atomic E-state index is 12.6. The minimum Gasteiger partial charge on any atom is -0.481 e. The summed E-state index contributed by atoms with van der Waals surface area (Å²) in [5, 5.41) is 12.3. The highest BCUT2D eigenvalue weighted by molar-refractivity contribution is 5.96. The van der Waals surface area contributed by atoms with Crippen molar-refractivity contribution in [1.82, 2.24) is 0 Å². The molecule has 1 saturated carbocycles. The van der Waals surface area contributed by atoms with E-state index in [0.717, 1.165) is 18.5 Å². The topological polar surface area (TPSA) is 66.4 Å². The van der Waals surface area contributed by atoms with E-state index in [1.54, 1.807) is 0 Å². The van der Waals surface area contributed by atoms with Gasteiger partial charge in [0.25, 0.3) is 0 Å². The summed E-state index contributed by atoms with van der Waals surface area (Å²) >= 11 is 0. The molecule has 5 atom stereocenters. The van der Waals surface area contributed by atoms with Crippen molar-refractivity contribution in [3.63, 3.8) is 0 Å². The van der Waals surface area contributed by atoms with Crippen LogP contribution in [0.3, 0.4) is 0 Å². The molecule has 0 unspecified atom stereocenters. The van der Waals surface area contributed by atoms with Gasteiger partial charge in [0.1, 0.15) is 0 Å². The van der Waals surface area contributed by atoms with E-state index in [0.29, 0.717) is 5.92 Å². The van der Waals surface area contributed by atoms with Gasteiger partial charge in [-0.3, -0.25) is 9.59 Å². The molecule has 2 N–H and O–H groups in total. The van der Waals surface area contributed by atoms with Crippen molar-refractivity contribution >= 4 is 17.6 Å². The third-order valence-corrected chi connectivity index (χ3v) is 5.41. The van der Waals surface area contributed by atoms with Crippen LogP contribution in [0.5, 0.6) is 0 Å². The molecule has 4 heteroatoms. The van der Waals surface area contributed by atoms with Crippen LogP contribution in [0, 0.1) is 23.7 Å². The van der Waals surface area contributed by atoms with Gasteiger partial charge in [0.2, 0.25) is 5.91 Å². The van der Waals surface area contributed by atoms with Gasteiger partial charge in [-0.05, 0) is 48.3 Å². The minimum atomic E-state index is -0.867. The Morgan fingerprint density at radius 2 is 1.78 bits per heavy atom. The third kappa shape index (κ3) is 2.90. The van der Waals surface area contributed by atoms with Gasteiger partial charge in [0.15, 0.2) is 0 Å². The summed E-state index contributed by atoms with van der Waals surface area (Å²) in [7, 11) is 0. The number of rotatable bonds is 5. The number of allylic oxidation sites excluding steroid dienone is 2. The molecule has 0 radical (unpaired) electrons. The second-order valence-corrected chi connectivity index (χ2v) is 6.76. The van der Waals surface area contributed by atoms with Crippen LogP contribution < -0.4 is 5.32 Å².